The van der Waals surface area contributed by atoms with Crippen LogP contribution in [0.4, 0.5) is 11.6 Å². The van der Waals surface area contributed by atoms with Gasteiger partial charge < -0.3 is 21.3 Å². The number of nitrogens with one attached hydrogen (secondary N) is 1. The van der Waals surface area contributed by atoms with E-state index >= 15 is 0 Å². The number of hydrogen-bond donors (Lipinski definition) is 4. The molecule has 3 aromatic rings. The van der Waals surface area contributed by atoms with Crippen LogP contribution in [0.3, 0.4) is 0 Å². The third kappa shape index (κ3) is 3.50. The predicted octanol–water partition coefficient (Wildman–Crippen LogP) is 1.35. The highest BCUT2D eigenvalue weighted by Gasteiger charge is 2.24. The molecule has 5 N–H and O–H groups in total. The molecule has 0 aliphatic heterocycles. The van der Waals surface area contributed by atoms with Crippen molar-refractivity contribution in [2.24, 2.45) is 0 Å². The van der Waals surface area contributed by atoms with Gasteiger partial charge in [-0.2, -0.15) is 5.10 Å². The molecule has 1 aliphatic carbocycles. The molecular formula is C19H25N7O2. The summed E-state index contributed by atoms with van der Waals surface area (Å²) >= 11 is 0. The smallest absolute Gasteiger partial charge is 0.151 e. The summed E-state index contributed by atoms with van der Waals surface area (Å²) in [5, 5.41) is 26.7. The molecule has 4 rings (SSSR count). The Morgan fingerprint density at radius 3 is 2.82 bits per heavy atom. The summed E-state index contributed by atoms with van der Waals surface area (Å²) in [6, 6.07) is 0.182. The Morgan fingerprint density at radius 2 is 2.11 bits per heavy atom. The van der Waals surface area contributed by atoms with Crippen molar-refractivity contribution in [3.63, 3.8) is 0 Å². The number of nitrogen functional groups attached to an aromatic ring is 1. The van der Waals surface area contributed by atoms with Gasteiger partial charge in [0, 0.05) is 29.6 Å². The summed E-state index contributed by atoms with van der Waals surface area (Å²) < 4.78 is 1.67. The maximum atomic E-state index is 9.82. The fourth-order valence-corrected chi connectivity index (χ4v) is 3.68. The van der Waals surface area contributed by atoms with Crippen LogP contribution in [0.25, 0.3) is 22.2 Å². The minimum atomic E-state index is -0.260. The zero-order valence-corrected chi connectivity index (χ0v) is 15.8. The standard InChI is InChI=1S/C19H25N7O2/c1-2-15-19(23-12-3-4-13(28)7-12)25-16-14(9-21-18(20)17(16)24-15)11-8-22-26(10-11)5-6-27/h8-10,12-13,27-28H,2-7H2,1H3,(H2,20,21)(H,23,25). The van der Waals surface area contributed by atoms with Gasteiger partial charge in [-0.25, -0.2) is 15.0 Å². The Morgan fingerprint density at radius 1 is 1.25 bits per heavy atom. The average Bonchev–Trinajstić information content (AvgIpc) is 3.31. The van der Waals surface area contributed by atoms with Crippen molar-refractivity contribution in [1.82, 2.24) is 24.7 Å². The molecule has 9 nitrogen and oxygen atoms in total. The lowest BCUT2D eigenvalue weighted by Crippen LogP contribution is -2.19. The van der Waals surface area contributed by atoms with Gasteiger partial charge in [0.05, 0.1) is 31.1 Å². The lowest BCUT2D eigenvalue weighted by molar-refractivity contribution is 0.182. The highest BCUT2D eigenvalue weighted by molar-refractivity contribution is 5.96. The number of aromatic nitrogens is 5. The van der Waals surface area contributed by atoms with Gasteiger partial charge in [-0.05, 0) is 25.7 Å². The molecule has 0 radical (unpaired) electrons. The second-order valence-corrected chi connectivity index (χ2v) is 7.15. The number of hydrogen-bond acceptors (Lipinski definition) is 8. The van der Waals surface area contributed by atoms with Crippen molar-refractivity contribution in [3.05, 3.63) is 24.3 Å². The van der Waals surface area contributed by atoms with Crippen molar-refractivity contribution in [3.8, 4) is 11.1 Å². The third-order valence-corrected chi connectivity index (χ3v) is 5.15. The Kier molecular flexibility index (Phi) is 5.10. The number of anilines is 2. The van der Waals surface area contributed by atoms with Crippen LogP contribution in [0.15, 0.2) is 18.6 Å². The fraction of sp³-hybridized carbons (Fsp3) is 0.474. The number of fused-ring (bicyclic) bond motifs is 1. The summed E-state index contributed by atoms with van der Waals surface area (Å²) in [6.45, 7) is 2.46. The van der Waals surface area contributed by atoms with E-state index in [-0.39, 0.29) is 18.8 Å². The number of aliphatic hydroxyl groups is 2. The summed E-state index contributed by atoms with van der Waals surface area (Å²) in [5.74, 6) is 1.07. The van der Waals surface area contributed by atoms with Gasteiger partial charge in [-0.15, -0.1) is 0 Å². The molecule has 1 aliphatic rings. The monoisotopic (exact) mass is 383 g/mol. The van der Waals surface area contributed by atoms with Gasteiger partial charge in [0.25, 0.3) is 0 Å². The predicted molar refractivity (Wildman–Crippen MR) is 107 cm³/mol. The molecule has 0 spiro atoms. The molecule has 0 saturated heterocycles. The van der Waals surface area contributed by atoms with E-state index in [9.17, 15) is 5.11 Å². The van der Waals surface area contributed by atoms with Crippen LogP contribution in [0, 0.1) is 0 Å². The lowest BCUT2D eigenvalue weighted by Gasteiger charge is -2.17. The van der Waals surface area contributed by atoms with Crippen molar-refractivity contribution >= 4 is 22.7 Å². The molecule has 0 bridgehead atoms. The van der Waals surface area contributed by atoms with Crippen molar-refractivity contribution in [2.75, 3.05) is 17.7 Å². The Labute approximate surface area is 162 Å². The zero-order chi connectivity index (χ0) is 19.7. The summed E-state index contributed by atoms with van der Waals surface area (Å²) in [6.07, 6.45) is 8.11. The SMILES string of the molecule is CCc1nc2c(N)ncc(-c3cnn(CCO)c3)c2nc1NC1CCC(O)C1. The maximum absolute atomic E-state index is 9.82. The third-order valence-electron chi connectivity index (χ3n) is 5.15. The summed E-state index contributed by atoms with van der Waals surface area (Å²) in [4.78, 5) is 13.9. The summed E-state index contributed by atoms with van der Waals surface area (Å²) in [7, 11) is 0. The normalized spacial score (nSPS) is 19.4. The van der Waals surface area contributed by atoms with E-state index in [1.807, 2.05) is 13.1 Å². The van der Waals surface area contributed by atoms with Crippen molar-refractivity contribution < 1.29 is 10.2 Å². The van der Waals surface area contributed by atoms with Crippen LogP contribution >= 0.6 is 0 Å². The largest absolute Gasteiger partial charge is 0.394 e. The Balaban J connectivity index is 1.79. The number of rotatable bonds is 6. The topological polar surface area (TPSA) is 135 Å². The average molecular weight is 383 g/mol. The Hall–Kier alpha value is -2.78. The lowest BCUT2D eigenvalue weighted by atomic mass is 10.1. The summed E-state index contributed by atoms with van der Waals surface area (Å²) in [5.41, 5.74) is 9.78. The molecule has 9 heteroatoms. The molecule has 2 atom stereocenters. The highest BCUT2D eigenvalue weighted by Crippen LogP contribution is 2.31. The van der Waals surface area contributed by atoms with Crippen molar-refractivity contribution in [2.45, 2.75) is 51.3 Å². The second kappa shape index (κ2) is 7.69. The van der Waals surface area contributed by atoms with Crippen LogP contribution < -0.4 is 11.1 Å². The van der Waals surface area contributed by atoms with Crippen LogP contribution in [0.1, 0.15) is 31.9 Å². The highest BCUT2D eigenvalue weighted by atomic mass is 16.3. The molecule has 3 heterocycles. The van der Waals surface area contributed by atoms with Crippen molar-refractivity contribution in [1.29, 1.82) is 0 Å². The van der Waals surface area contributed by atoms with Gasteiger partial charge in [-0.3, -0.25) is 4.68 Å². The second-order valence-electron chi connectivity index (χ2n) is 7.15. The van der Waals surface area contributed by atoms with E-state index in [0.29, 0.717) is 36.2 Å². The van der Waals surface area contributed by atoms with Gasteiger partial charge >= 0.3 is 0 Å². The first kappa shape index (κ1) is 18.6. The number of nitrogens with two attached hydrogens (primary N) is 1. The minimum absolute atomic E-state index is 0.0167. The van der Waals surface area contributed by atoms with Gasteiger partial charge in [0.1, 0.15) is 16.9 Å². The van der Waals surface area contributed by atoms with E-state index < -0.39 is 0 Å². The van der Waals surface area contributed by atoms with Gasteiger partial charge in [0.2, 0.25) is 0 Å². The molecule has 28 heavy (non-hydrogen) atoms. The van der Waals surface area contributed by atoms with E-state index in [1.165, 1.54) is 0 Å². The number of aliphatic hydroxyl groups excluding tert-OH is 2. The van der Waals surface area contributed by atoms with Gasteiger partial charge in [-0.1, -0.05) is 6.92 Å². The van der Waals surface area contributed by atoms with Crippen LogP contribution in [0.2, 0.25) is 0 Å². The molecule has 0 amide bonds. The van der Waals surface area contributed by atoms with Gasteiger partial charge in [0.15, 0.2) is 5.82 Å². The number of nitrogens with zero attached hydrogens (tertiary/aromatic N) is 5. The molecule has 1 fully saturated rings. The Bertz CT molecular complexity index is 988. The molecule has 0 aromatic carbocycles. The first-order chi connectivity index (χ1) is 13.6. The zero-order valence-electron chi connectivity index (χ0n) is 15.8. The number of aryl methyl sites for hydroxylation is 1. The first-order valence-corrected chi connectivity index (χ1v) is 9.62. The molecule has 148 valence electrons. The minimum Gasteiger partial charge on any atom is -0.394 e. The quantitative estimate of drug-likeness (QED) is 0.501. The maximum Gasteiger partial charge on any atom is 0.151 e. The molecular weight excluding hydrogens is 358 g/mol. The fourth-order valence-electron chi connectivity index (χ4n) is 3.68. The number of pyridine rings is 1. The van der Waals surface area contributed by atoms with E-state index in [2.05, 4.69) is 15.4 Å². The first-order valence-electron chi connectivity index (χ1n) is 9.62. The van der Waals surface area contributed by atoms with Crippen LogP contribution in [-0.4, -0.2) is 53.7 Å². The van der Waals surface area contributed by atoms with Crippen LogP contribution in [-0.2, 0) is 13.0 Å². The molecule has 3 aromatic heterocycles. The van der Waals surface area contributed by atoms with E-state index in [4.69, 9.17) is 20.8 Å². The molecule has 2 unspecified atom stereocenters. The van der Waals surface area contributed by atoms with E-state index in [0.717, 1.165) is 35.5 Å². The van der Waals surface area contributed by atoms with E-state index in [1.54, 1.807) is 17.1 Å². The van der Waals surface area contributed by atoms with Crippen LogP contribution in [0.5, 0.6) is 0 Å². The molecule has 1 saturated carbocycles.